The van der Waals surface area contributed by atoms with Crippen molar-refractivity contribution in [1.82, 2.24) is 34.4 Å². The zero-order chi connectivity index (χ0) is 23.2. The molecule has 0 N–H and O–H groups in total. The molecule has 7 rings (SSSR count). The van der Waals surface area contributed by atoms with Gasteiger partial charge in [-0.15, -0.1) is 0 Å². The molecule has 34 heavy (non-hydrogen) atoms. The van der Waals surface area contributed by atoms with Crippen molar-refractivity contribution >= 4 is 11.2 Å². The van der Waals surface area contributed by atoms with Crippen molar-refractivity contribution in [3.8, 4) is 17.3 Å². The Kier molecular flexibility index (Phi) is 5.21. The van der Waals surface area contributed by atoms with Crippen molar-refractivity contribution in [3.63, 3.8) is 0 Å². The molecule has 8 nitrogen and oxygen atoms in total. The van der Waals surface area contributed by atoms with Gasteiger partial charge < -0.3 is 9.30 Å². The molecule has 1 atom stereocenters. The molecule has 0 saturated carbocycles. The summed E-state index contributed by atoms with van der Waals surface area (Å²) in [5.41, 5.74) is 3.74. The van der Waals surface area contributed by atoms with Crippen LogP contribution in [0, 0.1) is 25.6 Å². The topological polar surface area (TPSA) is 81.9 Å². The molecule has 0 radical (unpaired) electrons. The highest BCUT2D eigenvalue weighted by atomic mass is 19.1. The molecule has 0 aromatic carbocycles. The van der Waals surface area contributed by atoms with E-state index in [1.165, 1.54) is 38.2 Å². The van der Waals surface area contributed by atoms with E-state index in [0.29, 0.717) is 46.7 Å². The lowest BCUT2D eigenvalue weighted by Crippen LogP contribution is -2.52. The zero-order valence-corrected chi connectivity index (χ0v) is 19.3. The highest BCUT2D eigenvalue weighted by Crippen LogP contribution is 2.31. The van der Waals surface area contributed by atoms with Crippen LogP contribution in [-0.4, -0.2) is 60.1 Å². The zero-order valence-electron chi connectivity index (χ0n) is 19.3. The molecule has 4 aromatic rings. The standard InChI is InChI=1S/C25H26FN7O/c1-15-23-25(30-16(2)29-15)33(24(31-23)19-9-20(26)12-27-11-19)13-17-3-4-22(28-10-17)34-21-14-32-7-5-18(21)6-8-32/h3-4,9-12,18,21H,5-8,13-14H2,1-2H3/t21-/m1/s1. The van der Waals surface area contributed by atoms with Crippen LogP contribution in [0.3, 0.4) is 0 Å². The SMILES string of the molecule is Cc1nc(C)c2nc(-c3cncc(F)c3)n(Cc3ccc(O[C@@H]4CN5CCC4CC5)nc3)c2n1. The van der Waals surface area contributed by atoms with Gasteiger partial charge >= 0.3 is 0 Å². The van der Waals surface area contributed by atoms with Crippen molar-refractivity contribution in [1.29, 1.82) is 0 Å². The Bertz CT molecular complexity index is 1350. The van der Waals surface area contributed by atoms with Gasteiger partial charge in [0, 0.05) is 30.6 Å². The van der Waals surface area contributed by atoms with Crippen LogP contribution in [0.15, 0.2) is 36.8 Å². The van der Waals surface area contributed by atoms with E-state index in [4.69, 9.17) is 9.72 Å². The Morgan fingerprint density at radius 2 is 1.91 bits per heavy atom. The molecule has 0 unspecified atom stereocenters. The summed E-state index contributed by atoms with van der Waals surface area (Å²) in [5, 5.41) is 0. The van der Waals surface area contributed by atoms with Gasteiger partial charge in [0.05, 0.1) is 18.4 Å². The Morgan fingerprint density at radius 3 is 2.62 bits per heavy atom. The summed E-state index contributed by atoms with van der Waals surface area (Å²) in [7, 11) is 0. The maximum atomic E-state index is 13.9. The second kappa shape index (κ2) is 8.39. The summed E-state index contributed by atoms with van der Waals surface area (Å²) in [5.74, 6) is 2.12. The number of aromatic nitrogens is 6. The van der Waals surface area contributed by atoms with Crippen LogP contribution in [0.25, 0.3) is 22.6 Å². The number of fused-ring (bicyclic) bond motifs is 4. The second-order valence-electron chi connectivity index (χ2n) is 9.24. The van der Waals surface area contributed by atoms with Gasteiger partial charge in [-0.25, -0.2) is 24.3 Å². The minimum atomic E-state index is -0.411. The van der Waals surface area contributed by atoms with E-state index in [-0.39, 0.29) is 6.10 Å². The smallest absolute Gasteiger partial charge is 0.213 e. The molecule has 174 valence electrons. The minimum absolute atomic E-state index is 0.216. The van der Waals surface area contributed by atoms with Crippen molar-refractivity contribution in [2.24, 2.45) is 5.92 Å². The molecule has 2 bridgehead atoms. The Balaban J connectivity index is 1.31. The van der Waals surface area contributed by atoms with Gasteiger partial charge in [-0.3, -0.25) is 9.88 Å². The van der Waals surface area contributed by atoms with E-state index in [9.17, 15) is 4.39 Å². The highest BCUT2D eigenvalue weighted by Gasteiger charge is 2.35. The van der Waals surface area contributed by atoms with Crippen molar-refractivity contribution in [2.75, 3.05) is 19.6 Å². The summed E-state index contributed by atoms with van der Waals surface area (Å²) < 4.78 is 22.2. The van der Waals surface area contributed by atoms with Gasteiger partial charge in [-0.1, -0.05) is 6.07 Å². The molecule has 3 saturated heterocycles. The third-order valence-corrected chi connectivity index (χ3v) is 6.85. The van der Waals surface area contributed by atoms with E-state index < -0.39 is 5.82 Å². The fourth-order valence-electron chi connectivity index (χ4n) is 5.13. The fraction of sp³-hybridized carbons (Fsp3) is 0.400. The second-order valence-corrected chi connectivity index (χ2v) is 9.24. The molecule has 3 aliphatic heterocycles. The van der Waals surface area contributed by atoms with Gasteiger partial charge in [-0.2, -0.15) is 0 Å². The van der Waals surface area contributed by atoms with Crippen molar-refractivity contribution in [3.05, 3.63) is 59.7 Å². The number of hydrogen-bond acceptors (Lipinski definition) is 7. The van der Waals surface area contributed by atoms with E-state index in [1.807, 2.05) is 36.7 Å². The first-order valence-corrected chi connectivity index (χ1v) is 11.7. The number of hydrogen-bond donors (Lipinski definition) is 0. The van der Waals surface area contributed by atoms with E-state index in [1.54, 1.807) is 6.20 Å². The Hall–Kier alpha value is -3.46. The van der Waals surface area contributed by atoms with Gasteiger partial charge in [0.2, 0.25) is 5.88 Å². The van der Waals surface area contributed by atoms with Crippen LogP contribution < -0.4 is 4.74 Å². The summed E-state index contributed by atoms with van der Waals surface area (Å²) in [4.78, 5) is 24.9. The molecule has 7 heterocycles. The number of rotatable bonds is 5. The molecule has 3 aliphatic rings. The molecule has 9 heteroatoms. The fourth-order valence-corrected chi connectivity index (χ4v) is 5.13. The molecule has 0 aliphatic carbocycles. The highest BCUT2D eigenvalue weighted by molar-refractivity contribution is 5.79. The Morgan fingerprint density at radius 1 is 1.06 bits per heavy atom. The van der Waals surface area contributed by atoms with Crippen molar-refractivity contribution in [2.45, 2.75) is 39.3 Å². The number of pyridine rings is 2. The monoisotopic (exact) mass is 459 g/mol. The molecular formula is C25H26FN7O. The Labute approximate surface area is 196 Å². The normalized spacial score (nSPS) is 21.8. The first-order valence-electron chi connectivity index (χ1n) is 11.7. The van der Waals surface area contributed by atoms with Crippen molar-refractivity contribution < 1.29 is 9.13 Å². The van der Waals surface area contributed by atoms with Gasteiger partial charge in [0.1, 0.15) is 29.1 Å². The third-order valence-electron chi connectivity index (χ3n) is 6.85. The number of piperidine rings is 3. The number of imidazole rings is 1. The molecule has 3 fully saturated rings. The van der Waals surface area contributed by atoms with Gasteiger partial charge in [-0.05, 0) is 57.3 Å². The van der Waals surface area contributed by atoms with Crippen LogP contribution in [0.1, 0.15) is 29.9 Å². The summed E-state index contributed by atoms with van der Waals surface area (Å²) in [6.07, 6.45) is 7.25. The number of halogens is 1. The number of nitrogens with zero attached hydrogens (tertiary/aromatic N) is 7. The predicted molar refractivity (Wildman–Crippen MR) is 125 cm³/mol. The maximum Gasteiger partial charge on any atom is 0.213 e. The van der Waals surface area contributed by atoms with E-state index >= 15 is 0 Å². The number of aryl methyl sites for hydroxylation is 2. The predicted octanol–water partition coefficient (Wildman–Crippen LogP) is 3.56. The van der Waals surface area contributed by atoms with E-state index in [0.717, 1.165) is 17.8 Å². The first kappa shape index (κ1) is 21.1. The summed E-state index contributed by atoms with van der Waals surface area (Å²) >= 11 is 0. The first-order chi connectivity index (χ1) is 16.5. The number of ether oxygens (including phenoxy) is 1. The molecular weight excluding hydrogens is 433 g/mol. The van der Waals surface area contributed by atoms with Gasteiger partial charge in [0.25, 0.3) is 0 Å². The average Bonchev–Trinajstić information content (AvgIpc) is 3.20. The van der Waals surface area contributed by atoms with E-state index in [2.05, 4.69) is 24.8 Å². The van der Waals surface area contributed by atoms with Crippen LogP contribution in [0.2, 0.25) is 0 Å². The molecule has 4 aromatic heterocycles. The molecule has 0 amide bonds. The van der Waals surface area contributed by atoms with Crippen LogP contribution in [-0.2, 0) is 6.54 Å². The summed E-state index contributed by atoms with van der Waals surface area (Å²) in [6, 6.07) is 5.38. The average molecular weight is 460 g/mol. The lowest BCUT2D eigenvalue weighted by Gasteiger charge is -2.44. The third kappa shape index (κ3) is 3.90. The van der Waals surface area contributed by atoms with Crippen LogP contribution >= 0.6 is 0 Å². The van der Waals surface area contributed by atoms with Crippen LogP contribution in [0.4, 0.5) is 4.39 Å². The minimum Gasteiger partial charge on any atom is -0.473 e. The lowest BCUT2D eigenvalue weighted by molar-refractivity contribution is -0.00994. The molecule has 0 spiro atoms. The van der Waals surface area contributed by atoms with Gasteiger partial charge in [0.15, 0.2) is 5.65 Å². The quantitative estimate of drug-likeness (QED) is 0.451. The largest absolute Gasteiger partial charge is 0.473 e. The maximum absolute atomic E-state index is 13.9. The van der Waals surface area contributed by atoms with Crippen LogP contribution in [0.5, 0.6) is 5.88 Å². The lowest BCUT2D eigenvalue weighted by atomic mass is 9.86. The summed E-state index contributed by atoms with van der Waals surface area (Å²) in [6.45, 7) is 7.59.